The van der Waals surface area contributed by atoms with Gasteiger partial charge in [0.1, 0.15) is 5.75 Å². The van der Waals surface area contributed by atoms with Gasteiger partial charge in [-0.25, -0.2) is 4.79 Å². The zero-order valence-electron chi connectivity index (χ0n) is 21.1. The average molecular weight is 469 g/mol. The Bertz CT molecular complexity index is 1420. The van der Waals surface area contributed by atoms with E-state index in [-0.39, 0.29) is 11.6 Å². The second kappa shape index (κ2) is 8.81. The van der Waals surface area contributed by atoms with Crippen LogP contribution < -0.4 is 20.1 Å². The van der Waals surface area contributed by atoms with Gasteiger partial charge in [-0.05, 0) is 62.6 Å². The first-order valence-corrected chi connectivity index (χ1v) is 12.1. The molecule has 0 atom stereocenters. The van der Waals surface area contributed by atoms with E-state index in [1.165, 1.54) is 26.9 Å². The second-order valence-corrected chi connectivity index (χ2v) is 10.2. The van der Waals surface area contributed by atoms with Gasteiger partial charge in [-0.3, -0.25) is 0 Å². The van der Waals surface area contributed by atoms with E-state index in [0.29, 0.717) is 13.0 Å². The van der Waals surface area contributed by atoms with Gasteiger partial charge in [-0.2, -0.15) is 0 Å². The number of amides is 1. The summed E-state index contributed by atoms with van der Waals surface area (Å²) in [5.41, 5.74) is 7.07. The summed E-state index contributed by atoms with van der Waals surface area (Å²) in [7, 11) is 3.38. The number of benzene rings is 3. The van der Waals surface area contributed by atoms with Crippen molar-refractivity contribution in [2.75, 3.05) is 25.6 Å². The van der Waals surface area contributed by atoms with Crippen LogP contribution in [0, 0.1) is 0 Å². The number of carbonyl (C=O) groups is 1. The first-order chi connectivity index (χ1) is 16.8. The summed E-state index contributed by atoms with van der Waals surface area (Å²) in [6, 6.07) is 21.2. The Labute approximate surface area is 206 Å². The van der Waals surface area contributed by atoms with Crippen molar-refractivity contribution in [3.05, 3.63) is 76.7 Å². The fourth-order valence-corrected chi connectivity index (χ4v) is 5.38. The molecule has 0 bridgehead atoms. The van der Waals surface area contributed by atoms with E-state index >= 15 is 0 Å². The lowest BCUT2D eigenvalue weighted by atomic mass is 9.84. The zero-order chi connectivity index (χ0) is 24.7. The number of hydrogen-bond donors (Lipinski definition) is 0. The van der Waals surface area contributed by atoms with Crippen molar-refractivity contribution in [2.24, 2.45) is 0 Å². The van der Waals surface area contributed by atoms with E-state index in [2.05, 4.69) is 74.2 Å². The molecule has 0 aromatic heterocycles. The number of anilines is 2. The van der Waals surface area contributed by atoms with Crippen LogP contribution in [0.15, 0.2) is 60.7 Å². The molecule has 0 radical (unpaired) electrons. The van der Waals surface area contributed by atoms with E-state index in [1.54, 1.807) is 14.1 Å². The summed E-state index contributed by atoms with van der Waals surface area (Å²) in [5, 5.41) is 2.40. The fraction of sp³-hybridized carbons (Fsp3) is 0.300. The standard InChI is InChI=1S/C30H32N2O3/c1-20-18-30(2,3)32(22-10-8-9-21(17-22)15-16-34-29(33)31(4)5)26-14-13-23-24-11-6-7-12-27(24)35-19-25(23)28(20)26/h6-14,17,19H,15-16,18H2,1-5H3. The van der Waals surface area contributed by atoms with Crippen LogP contribution >= 0.6 is 0 Å². The van der Waals surface area contributed by atoms with E-state index in [0.717, 1.165) is 34.2 Å². The minimum Gasteiger partial charge on any atom is -0.464 e. The molecule has 5 heteroatoms. The van der Waals surface area contributed by atoms with Crippen molar-refractivity contribution in [1.82, 2.24) is 4.90 Å². The Morgan fingerprint density at radius 1 is 1.06 bits per heavy atom. The summed E-state index contributed by atoms with van der Waals surface area (Å²) in [6.07, 6.45) is 3.20. The molecule has 0 unspecified atom stereocenters. The smallest absolute Gasteiger partial charge is 0.409 e. The monoisotopic (exact) mass is 468 g/mol. The summed E-state index contributed by atoms with van der Waals surface area (Å²) in [6.45, 7) is 7.18. The molecule has 0 fully saturated rings. The van der Waals surface area contributed by atoms with Crippen LogP contribution in [0.4, 0.5) is 16.2 Å². The molecule has 180 valence electrons. The van der Waals surface area contributed by atoms with Crippen LogP contribution in [-0.4, -0.2) is 37.2 Å². The summed E-state index contributed by atoms with van der Waals surface area (Å²) in [5.74, 6) is 0.897. The number of para-hydroxylation sites is 1. The van der Waals surface area contributed by atoms with Crippen molar-refractivity contribution in [3.8, 4) is 16.9 Å². The van der Waals surface area contributed by atoms with E-state index in [1.807, 2.05) is 18.4 Å². The van der Waals surface area contributed by atoms with E-state index in [9.17, 15) is 4.79 Å². The number of fused-ring (bicyclic) bond motifs is 5. The number of rotatable bonds is 4. The Morgan fingerprint density at radius 3 is 2.66 bits per heavy atom. The molecule has 2 heterocycles. The number of nitrogens with zero attached hydrogens (tertiary/aromatic N) is 2. The molecule has 0 saturated carbocycles. The molecule has 0 spiro atoms. The van der Waals surface area contributed by atoms with Gasteiger partial charge in [-0.15, -0.1) is 0 Å². The van der Waals surface area contributed by atoms with Crippen LogP contribution in [-0.2, 0) is 11.2 Å². The van der Waals surface area contributed by atoms with Crippen LogP contribution in [0.5, 0.6) is 5.75 Å². The van der Waals surface area contributed by atoms with Gasteiger partial charge in [0.05, 0.1) is 12.9 Å². The maximum absolute atomic E-state index is 11.8. The highest BCUT2D eigenvalue weighted by atomic mass is 16.6. The molecule has 0 aliphatic carbocycles. The van der Waals surface area contributed by atoms with Gasteiger partial charge in [0, 0.05) is 53.4 Å². The molecule has 35 heavy (non-hydrogen) atoms. The predicted molar refractivity (Wildman–Crippen MR) is 141 cm³/mol. The minimum absolute atomic E-state index is 0.102. The molecule has 2 aliphatic heterocycles. The van der Waals surface area contributed by atoms with Gasteiger partial charge < -0.3 is 19.3 Å². The van der Waals surface area contributed by atoms with Crippen molar-refractivity contribution in [2.45, 2.75) is 39.2 Å². The number of carbonyl (C=O) groups excluding carboxylic acids is 1. The fourth-order valence-electron chi connectivity index (χ4n) is 5.38. The van der Waals surface area contributed by atoms with Crippen molar-refractivity contribution in [1.29, 1.82) is 0 Å². The maximum atomic E-state index is 11.8. The average Bonchev–Trinajstić information content (AvgIpc) is 2.83. The Kier molecular flexibility index (Phi) is 5.79. The Hall–Kier alpha value is -3.73. The van der Waals surface area contributed by atoms with Crippen LogP contribution in [0.2, 0.25) is 0 Å². The molecule has 2 aliphatic rings. The van der Waals surface area contributed by atoms with E-state index < -0.39 is 0 Å². The lowest BCUT2D eigenvalue weighted by Crippen LogP contribution is -2.50. The van der Waals surface area contributed by atoms with Gasteiger partial charge in [-0.1, -0.05) is 42.0 Å². The zero-order valence-corrected chi connectivity index (χ0v) is 21.1. The maximum Gasteiger partial charge on any atom is 0.409 e. The normalized spacial score (nSPS) is 15.2. The molecule has 5 nitrogen and oxygen atoms in total. The summed E-state index contributed by atoms with van der Waals surface area (Å²) in [4.78, 5) is 15.7. The van der Waals surface area contributed by atoms with Gasteiger partial charge >= 0.3 is 6.09 Å². The molecular weight excluding hydrogens is 436 g/mol. The van der Waals surface area contributed by atoms with Gasteiger partial charge in [0.2, 0.25) is 0 Å². The quantitative estimate of drug-likeness (QED) is 0.527. The second-order valence-electron chi connectivity index (χ2n) is 10.2. The Morgan fingerprint density at radius 2 is 1.86 bits per heavy atom. The predicted octanol–water partition coefficient (Wildman–Crippen LogP) is 5.22. The molecule has 0 saturated heterocycles. The molecule has 3 aromatic carbocycles. The molecule has 1 amide bonds. The number of ether oxygens (including phenoxy) is 2. The molecule has 0 N–H and O–H groups in total. The van der Waals surface area contributed by atoms with E-state index in [4.69, 9.17) is 9.47 Å². The lowest BCUT2D eigenvalue weighted by molar-refractivity contribution is 0.119. The molecule has 5 rings (SSSR count). The topological polar surface area (TPSA) is 42.0 Å². The highest BCUT2D eigenvalue weighted by Gasteiger charge is 2.34. The third-order valence-corrected chi connectivity index (χ3v) is 6.83. The minimum atomic E-state index is -0.317. The first kappa shape index (κ1) is 23.0. The summed E-state index contributed by atoms with van der Waals surface area (Å²) >= 11 is 0. The summed E-state index contributed by atoms with van der Waals surface area (Å²) < 4.78 is 11.4. The Balaban J connectivity index is 1.56. The highest BCUT2D eigenvalue weighted by Crippen LogP contribution is 2.39. The van der Waals surface area contributed by atoms with Gasteiger partial charge in [0.15, 0.2) is 0 Å². The van der Waals surface area contributed by atoms with Crippen molar-refractivity contribution in [3.63, 3.8) is 0 Å². The highest BCUT2D eigenvalue weighted by molar-refractivity contribution is 5.81. The largest absolute Gasteiger partial charge is 0.464 e. The van der Waals surface area contributed by atoms with Gasteiger partial charge in [0.25, 0.3) is 0 Å². The van der Waals surface area contributed by atoms with Crippen LogP contribution in [0.1, 0.15) is 32.8 Å². The van der Waals surface area contributed by atoms with Crippen LogP contribution in [0.3, 0.4) is 0 Å². The van der Waals surface area contributed by atoms with Crippen molar-refractivity contribution >= 4 is 29.3 Å². The van der Waals surface area contributed by atoms with Crippen molar-refractivity contribution < 1.29 is 14.3 Å². The molecular formula is C30H32N2O3. The van der Waals surface area contributed by atoms with Crippen LogP contribution in [0.25, 0.3) is 23.0 Å². The third kappa shape index (κ3) is 4.16. The SMILES string of the molecule is CC1=c2c(ccc3c2=COc2ccccc2-3)N(c2cccc(CCOC(=O)N(C)C)c2)C(C)(C)C1. The first-order valence-electron chi connectivity index (χ1n) is 12.1. The number of hydrogen-bond acceptors (Lipinski definition) is 4. The molecule has 3 aromatic rings. The lowest BCUT2D eigenvalue weighted by Gasteiger charge is -2.44. The third-order valence-electron chi connectivity index (χ3n) is 6.83.